The Balaban J connectivity index is 1.59. The highest BCUT2D eigenvalue weighted by Gasteiger charge is 2.37. The predicted molar refractivity (Wildman–Crippen MR) is 108 cm³/mol. The van der Waals surface area contributed by atoms with Crippen molar-refractivity contribution in [1.82, 2.24) is 4.72 Å². The third-order valence-electron chi connectivity index (χ3n) is 5.10. The van der Waals surface area contributed by atoms with Crippen LogP contribution >= 0.6 is 15.9 Å². The van der Waals surface area contributed by atoms with Crippen molar-refractivity contribution in [2.24, 2.45) is 5.92 Å². The van der Waals surface area contributed by atoms with Crippen LogP contribution in [0, 0.1) is 12.8 Å². The van der Waals surface area contributed by atoms with Crippen molar-refractivity contribution in [3.63, 3.8) is 0 Å². The van der Waals surface area contributed by atoms with E-state index in [4.69, 9.17) is 0 Å². The summed E-state index contributed by atoms with van der Waals surface area (Å²) in [6, 6.07) is 11.2. The molecule has 0 spiro atoms. The first-order chi connectivity index (χ1) is 12.8. The third-order valence-corrected chi connectivity index (χ3v) is 7.46. The van der Waals surface area contributed by atoms with E-state index in [2.05, 4.69) is 20.7 Å². The molecule has 0 bridgehead atoms. The number of nitrogens with zero attached hydrogens (tertiary/aromatic N) is 1. The van der Waals surface area contributed by atoms with Crippen LogP contribution < -0.4 is 9.62 Å². The molecule has 2 aromatic rings. The molecule has 27 heavy (non-hydrogen) atoms. The Labute approximate surface area is 167 Å². The van der Waals surface area contributed by atoms with Crippen LogP contribution in [0.15, 0.2) is 45.8 Å². The molecule has 2 aliphatic rings. The van der Waals surface area contributed by atoms with E-state index in [0.717, 1.165) is 41.6 Å². The fourth-order valence-corrected chi connectivity index (χ4v) is 5.46. The van der Waals surface area contributed by atoms with E-state index < -0.39 is 10.0 Å². The molecule has 0 radical (unpaired) electrons. The second kappa shape index (κ2) is 7.04. The fraction of sp³-hybridized carbons (Fsp3) is 0.350. The molecular weight excluding hydrogens is 428 g/mol. The van der Waals surface area contributed by atoms with Crippen molar-refractivity contribution in [1.29, 1.82) is 0 Å². The lowest BCUT2D eigenvalue weighted by molar-refractivity contribution is -0.119. The first kappa shape index (κ1) is 18.7. The van der Waals surface area contributed by atoms with Crippen LogP contribution in [0.3, 0.4) is 0 Å². The van der Waals surface area contributed by atoms with Gasteiger partial charge in [-0.1, -0.05) is 29.8 Å². The van der Waals surface area contributed by atoms with Crippen LogP contribution in [-0.2, 0) is 27.8 Å². The molecule has 1 heterocycles. The lowest BCUT2D eigenvalue weighted by Crippen LogP contribution is -2.30. The zero-order valence-electron chi connectivity index (χ0n) is 15.0. The lowest BCUT2D eigenvalue weighted by atomic mass is 10.2. The second-order valence-corrected chi connectivity index (χ2v) is 9.83. The summed E-state index contributed by atoms with van der Waals surface area (Å²) in [6.45, 7) is 2.83. The SMILES string of the molecule is Cc1ccc(CNS(=O)(=O)c2cc3c(cc2Br)CCN3C(=O)C2CC2)cc1. The van der Waals surface area contributed by atoms with Crippen molar-refractivity contribution in [2.45, 2.75) is 37.6 Å². The second-order valence-electron chi connectivity index (χ2n) is 7.24. The van der Waals surface area contributed by atoms with Gasteiger partial charge in [-0.25, -0.2) is 13.1 Å². The molecule has 0 atom stereocenters. The molecule has 1 amide bonds. The first-order valence-corrected chi connectivity index (χ1v) is 11.3. The van der Waals surface area contributed by atoms with Crippen molar-refractivity contribution in [2.75, 3.05) is 11.4 Å². The number of carbonyl (C=O) groups is 1. The van der Waals surface area contributed by atoms with Gasteiger partial charge in [0.2, 0.25) is 15.9 Å². The molecule has 142 valence electrons. The molecule has 5 nitrogen and oxygen atoms in total. The van der Waals surface area contributed by atoms with Crippen LogP contribution in [0.2, 0.25) is 0 Å². The minimum atomic E-state index is -3.71. The highest BCUT2D eigenvalue weighted by atomic mass is 79.9. The highest BCUT2D eigenvalue weighted by molar-refractivity contribution is 9.10. The average molecular weight is 449 g/mol. The van der Waals surface area contributed by atoms with Crippen molar-refractivity contribution in [3.8, 4) is 0 Å². The Hall–Kier alpha value is -1.70. The summed E-state index contributed by atoms with van der Waals surface area (Å²) in [6.07, 6.45) is 2.62. The fourth-order valence-electron chi connectivity index (χ4n) is 3.34. The van der Waals surface area contributed by atoms with Crippen molar-refractivity contribution < 1.29 is 13.2 Å². The molecule has 0 aromatic heterocycles. The monoisotopic (exact) mass is 448 g/mol. The zero-order valence-corrected chi connectivity index (χ0v) is 17.4. The number of hydrogen-bond donors (Lipinski definition) is 1. The lowest BCUT2D eigenvalue weighted by Gasteiger charge is -2.18. The Morgan fingerprint density at radius 1 is 1.22 bits per heavy atom. The molecule has 1 aliphatic heterocycles. The Morgan fingerprint density at radius 3 is 2.59 bits per heavy atom. The maximum absolute atomic E-state index is 12.9. The van der Waals surface area contributed by atoms with Gasteiger partial charge in [0.1, 0.15) is 0 Å². The number of carbonyl (C=O) groups excluding carboxylic acids is 1. The minimum Gasteiger partial charge on any atom is -0.312 e. The maximum atomic E-state index is 12.9. The number of halogens is 1. The number of hydrogen-bond acceptors (Lipinski definition) is 3. The van der Waals surface area contributed by atoms with Crippen LogP contribution in [0.25, 0.3) is 0 Å². The molecule has 1 N–H and O–H groups in total. The first-order valence-electron chi connectivity index (χ1n) is 9.04. The van der Waals surface area contributed by atoms with E-state index in [1.54, 1.807) is 11.0 Å². The van der Waals surface area contributed by atoms with Crippen LogP contribution in [0.1, 0.15) is 29.5 Å². The van der Waals surface area contributed by atoms with Crippen molar-refractivity contribution in [3.05, 3.63) is 57.6 Å². The van der Waals surface area contributed by atoms with E-state index in [1.807, 2.05) is 37.3 Å². The molecule has 1 aliphatic carbocycles. The summed E-state index contributed by atoms with van der Waals surface area (Å²) >= 11 is 3.40. The van der Waals surface area contributed by atoms with E-state index >= 15 is 0 Å². The normalized spacial score (nSPS) is 16.4. The van der Waals surface area contributed by atoms with Crippen LogP contribution in [-0.4, -0.2) is 20.9 Å². The smallest absolute Gasteiger partial charge is 0.242 e. The topological polar surface area (TPSA) is 66.5 Å². The van der Waals surface area contributed by atoms with Gasteiger partial charge in [-0.15, -0.1) is 0 Å². The summed E-state index contributed by atoms with van der Waals surface area (Å²) in [7, 11) is -3.71. The van der Waals surface area contributed by atoms with Gasteiger partial charge in [-0.3, -0.25) is 4.79 Å². The largest absolute Gasteiger partial charge is 0.312 e. The average Bonchev–Trinajstić information content (AvgIpc) is 3.40. The molecule has 1 saturated carbocycles. The summed E-state index contributed by atoms with van der Waals surface area (Å²) in [5.41, 5.74) is 3.76. The number of nitrogens with one attached hydrogen (secondary N) is 1. The summed E-state index contributed by atoms with van der Waals surface area (Å²) in [5.74, 6) is 0.228. The quantitative estimate of drug-likeness (QED) is 0.760. The van der Waals surface area contributed by atoms with Gasteiger partial charge in [-0.05, 0) is 65.4 Å². The van der Waals surface area contributed by atoms with Gasteiger partial charge in [0, 0.05) is 29.2 Å². The molecule has 7 heteroatoms. The number of benzene rings is 2. The van der Waals surface area contributed by atoms with E-state index in [0.29, 0.717) is 11.0 Å². The van der Waals surface area contributed by atoms with E-state index in [-0.39, 0.29) is 23.3 Å². The molecule has 1 fully saturated rings. The van der Waals surface area contributed by atoms with Crippen LogP contribution in [0.4, 0.5) is 5.69 Å². The standard InChI is InChI=1S/C20H21BrN2O3S/c1-13-2-4-14(5-3-13)12-22-27(25,26)19-11-18-16(10-17(19)21)8-9-23(18)20(24)15-6-7-15/h2-5,10-11,15,22H,6-9,12H2,1H3. The predicted octanol–water partition coefficient (Wildman–Crippen LogP) is 3.54. The van der Waals surface area contributed by atoms with Gasteiger partial charge in [0.25, 0.3) is 0 Å². The Morgan fingerprint density at radius 2 is 1.93 bits per heavy atom. The van der Waals surface area contributed by atoms with Gasteiger partial charge in [0.15, 0.2) is 0 Å². The molecule has 0 saturated heterocycles. The summed E-state index contributed by atoms with van der Waals surface area (Å²) in [4.78, 5) is 14.4. The molecule has 0 unspecified atom stereocenters. The van der Waals surface area contributed by atoms with E-state index in [1.165, 1.54) is 0 Å². The Kier molecular flexibility index (Phi) is 4.86. The molecule has 4 rings (SSSR count). The summed E-state index contributed by atoms with van der Waals surface area (Å²) in [5, 5.41) is 0. The van der Waals surface area contributed by atoms with E-state index in [9.17, 15) is 13.2 Å². The summed E-state index contributed by atoms with van der Waals surface area (Å²) < 4.78 is 28.9. The van der Waals surface area contributed by atoms with Gasteiger partial charge in [-0.2, -0.15) is 0 Å². The molecular formula is C20H21BrN2O3S. The number of rotatable bonds is 5. The molecule has 2 aromatic carbocycles. The highest BCUT2D eigenvalue weighted by Crippen LogP contribution is 2.39. The number of anilines is 1. The van der Waals surface area contributed by atoms with Crippen molar-refractivity contribution >= 4 is 37.5 Å². The number of aryl methyl sites for hydroxylation is 1. The number of fused-ring (bicyclic) bond motifs is 1. The van der Waals surface area contributed by atoms with Crippen LogP contribution in [0.5, 0.6) is 0 Å². The van der Waals surface area contributed by atoms with Gasteiger partial charge >= 0.3 is 0 Å². The Bertz CT molecular complexity index is 999. The number of sulfonamides is 1. The van der Waals surface area contributed by atoms with Gasteiger partial charge < -0.3 is 4.90 Å². The maximum Gasteiger partial charge on any atom is 0.242 e. The third kappa shape index (κ3) is 3.81. The van der Waals surface area contributed by atoms with Gasteiger partial charge in [0.05, 0.1) is 4.90 Å². The minimum absolute atomic E-state index is 0.110. The zero-order chi connectivity index (χ0) is 19.2. The number of amides is 1.